The largest absolute Gasteiger partial charge is 0.422 e. The highest BCUT2D eigenvalue weighted by Gasteiger charge is 2.13. The van der Waals surface area contributed by atoms with Crippen molar-refractivity contribution in [3.8, 4) is 22.9 Å². The Morgan fingerprint density at radius 2 is 1.53 bits per heavy atom. The molecule has 3 heteroatoms. The zero-order chi connectivity index (χ0) is 24.3. The van der Waals surface area contributed by atoms with Gasteiger partial charge < -0.3 is 4.74 Å². The quantitative estimate of drug-likeness (QED) is 0.167. The number of rotatable bonds is 11. The Bertz CT molecular complexity index is 1110. The molecular formula is C31H35NO2. The van der Waals surface area contributed by atoms with Gasteiger partial charge in [-0.25, -0.2) is 4.79 Å². The molecule has 0 aliphatic rings. The molecule has 3 aromatic rings. The summed E-state index contributed by atoms with van der Waals surface area (Å²) in [5.74, 6) is 0.535. The number of nitriles is 1. The summed E-state index contributed by atoms with van der Waals surface area (Å²) in [6.45, 7) is 6.68. The molecule has 0 spiro atoms. The molecule has 0 bridgehead atoms. The standard InChI is InChI=1S/C31H35NO2/c1-4-6-7-8-9-24-12-19-30(29(21-24)22-32)34-31(33)28-17-15-27(16-18-28)26-13-10-25(11-14-26)20-23(3)5-2/h10-19,21,23H,4-9,20H2,1-3H3. The average molecular weight is 454 g/mol. The first-order valence-electron chi connectivity index (χ1n) is 12.5. The first-order chi connectivity index (χ1) is 16.5. The van der Waals surface area contributed by atoms with E-state index in [1.54, 1.807) is 18.2 Å². The maximum absolute atomic E-state index is 12.7. The van der Waals surface area contributed by atoms with E-state index in [-0.39, 0.29) is 0 Å². The first-order valence-corrected chi connectivity index (χ1v) is 12.5. The molecule has 0 aliphatic heterocycles. The number of ether oxygens (including phenoxy) is 1. The van der Waals surface area contributed by atoms with Crippen LogP contribution < -0.4 is 4.74 Å². The molecule has 0 N–H and O–H groups in total. The van der Waals surface area contributed by atoms with Crippen LogP contribution in [0.15, 0.2) is 66.7 Å². The SMILES string of the molecule is CCCCCCc1ccc(OC(=O)c2ccc(-c3ccc(CC(C)CC)cc3)cc2)c(C#N)c1. The van der Waals surface area contributed by atoms with Gasteiger partial charge in [0.15, 0.2) is 0 Å². The van der Waals surface area contributed by atoms with Crippen LogP contribution in [0.1, 0.15) is 79.9 Å². The smallest absolute Gasteiger partial charge is 0.343 e. The fourth-order valence-corrected chi connectivity index (χ4v) is 4.00. The summed E-state index contributed by atoms with van der Waals surface area (Å²) >= 11 is 0. The molecule has 34 heavy (non-hydrogen) atoms. The number of nitrogens with zero attached hydrogens (tertiary/aromatic N) is 1. The number of aryl methyl sites for hydroxylation is 1. The zero-order valence-electron chi connectivity index (χ0n) is 20.6. The van der Waals surface area contributed by atoms with E-state index in [0.717, 1.165) is 36.0 Å². The zero-order valence-corrected chi connectivity index (χ0v) is 20.6. The summed E-state index contributed by atoms with van der Waals surface area (Å²) in [6.07, 6.45) is 7.92. The Morgan fingerprint density at radius 1 is 0.882 bits per heavy atom. The molecule has 0 saturated carbocycles. The van der Waals surface area contributed by atoms with Crippen LogP contribution in [0.25, 0.3) is 11.1 Å². The van der Waals surface area contributed by atoms with Gasteiger partial charge in [0.05, 0.1) is 11.1 Å². The monoisotopic (exact) mass is 453 g/mol. The van der Waals surface area contributed by atoms with Crippen molar-refractivity contribution in [1.82, 2.24) is 0 Å². The number of unbranched alkanes of at least 4 members (excludes halogenated alkanes) is 3. The Morgan fingerprint density at radius 3 is 2.15 bits per heavy atom. The summed E-state index contributed by atoms with van der Waals surface area (Å²) in [5.41, 5.74) is 5.48. The molecule has 0 radical (unpaired) electrons. The minimum Gasteiger partial charge on any atom is -0.422 e. The van der Waals surface area contributed by atoms with E-state index in [1.165, 1.54) is 31.2 Å². The Kier molecular flexibility index (Phi) is 9.47. The number of hydrogen-bond acceptors (Lipinski definition) is 3. The topological polar surface area (TPSA) is 50.1 Å². The molecule has 0 aromatic heterocycles. The molecule has 0 amide bonds. The van der Waals surface area contributed by atoms with Gasteiger partial charge in [0, 0.05) is 0 Å². The van der Waals surface area contributed by atoms with Crippen molar-refractivity contribution >= 4 is 5.97 Å². The van der Waals surface area contributed by atoms with E-state index in [9.17, 15) is 10.1 Å². The molecule has 0 aliphatic carbocycles. The van der Waals surface area contributed by atoms with Crippen LogP contribution in [0.3, 0.4) is 0 Å². The van der Waals surface area contributed by atoms with Crippen LogP contribution in [0, 0.1) is 17.2 Å². The van der Waals surface area contributed by atoms with Crippen molar-refractivity contribution in [3.63, 3.8) is 0 Å². The molecular weight excluding hydrogens is 418 g/mol. The molecule has 0 fully saturated rings. The van der Waals surface area contributed by atoms with Gasteiger partial charge in [-0.3, -0.25) is 0 Å². The first kappa shape index (κ1) is 25.2. The maximum Gasteiger partial charge on any atom is 0.343 e. The minimum atomic E-state index is -0.456. The number of hydrogen-bond donors (Lipinski definition) is 0. The summed E-state index contributed by atoms with van der Waals surface area (Å²) in [7, 11) is 0. The van der Waals surface area contributed by atoms with Crippen LogP contribution in [-0.4, -0.2) is 5.97 Å². The fraction of sp³-hybridized carbons (Fsp3) is 0.355. The van der Waals surface area contributed by atoms with E-state index >= 15 is 0 Å². The van der Waals surface area contributed by atoms with E-state index in [2.05, 4.69) is 51.1 Å². The maximum atomic E-state index is 12.7. The molecule has 0 saturated heterocycles. The Hall–Kier alpha value is -3.38. The van der Waals surface area contributed by atoms with Crippen molar-refractivity contribution in [3.05, 3.63) is 89.0 Å². The number of esters is 1. The molecule has 1 unspecified atom stereocenters. The van der Waals surface area contributed by atoms with Crippen LogP contribution in [0.2, 0.25) is 0 Å². The lowest BCUT2D eigenvalue weighted by Crippen LogP contribution is -2.09. The Labute approximate surface area is 204 Å². The lowest BCUT2D eigenvalue weighted by Gasteiger charge is -2.10. The van der Waals surface area contributed by atoms with Crippen molar-refractivity contribution in [2.75, 3.05) is 0 Å². The van der Waals surface area contributed by atoms with Gasteiger partial charge in [0.2, 0.25) is 0 Å². The second-order valence-corrected chi connectivity index (χ2v) is 9.13. The molecule has 3 aromatic carbocycles. The molecule has 0 heterocycles. The van der Waals surface area contributed by atoms with Gasteiger partial charge in [-0.1, -0.05) is 88.9 Å². The highest BCUT2D eigenvalue weighted by atomic mass is 16.5. The second kappa shape index (κ2) is 12.8. The molecule has 176 valence electrons. The molecule has 3 rings (SSSR count). The summed E-state index contributed by atoms with van der Waals surface area (Å²) in [4.78, 5) is 12.7. The van der Waals surface area contributed by atoms with E-state index in [4.69, 9.17) is 4.74 Å². The predicted octanol–water partition coefficient (Wildman–Crippen LogP) is 8.16. The van der Waals surface area contributed by atoms with E-state index in [0.29, 0.717) is 22.8 Å². The van der Waals surface area contributed by atoms with E-state index < -0.39 is 5.97 Å². The van der Waals surface area contributed by atoms with Gasteiger partial charge in [-0.15, -0.1) is 0 Å². The highest BCUT2D eigenvalue weighted by Crippen LogP contribution is 2.24. The summed E-state index contributed by atoms with van der Waals surface area (Å²) in [5, 5.41) is 9.54. The molecule has 1 atom stereocenters. The minimum absolute atomic E-state index is 0.311. The summed E-state index contributed by atoms with van der Waals surface area (Å²) in [6, 6.07) is 23.7. The van der Waals surface area contributed by atoms with E-state index in [1.807, 2.05) is 24.3 Å². The van der Waals surface area contributed by atoms with Crippen molar-refractivity contribution in [2.45, 2.75) is 65.7 Å². The predicted molar refractivity (Wildman–Crippen MR) is 139 cm³/mol. The van der Waals surface area contributed by atoms with Crippen molar-refractivity contribution < 1.29 is 9.53 Å². The lowest BCUT2D eigenvalue weighted by atomic mass is 9.96. The van der Waals surface area contributed by atoms with Gasteiger partial charge in [-0.2, -0.15) is 5.26 Å². The lowest BCUT2D eigenvalue weighted by molar-refractivity contribution is 0.0734. The van der Waals surface area contributed by atoms with Crippen LogP contribution in [0.5, 0.6) is 5.75 Å². The van der Waals surface area contributed by atoms with Crippen LogP contribution in [-0.2, 0) is 12.8 Å². The normalized spacial score (nSPS) is 11.6. The van der Waals surface area contributed by atoms with Crippen LogP contribution >= 0.6 is 0 Å². The molecule has 3 nitrogen and oxygen atoms in total. The third kappa shape index (κ3) is 7.06. The van der Waals surface area contributed by atoms with Crippen molar-refractivity contribution in [2.24, 2.45) is 5.92 Å². The van der Waals surface area contributed by atoms with Crippen LogP contribution in [0.4, 0.5) is 0 Å². The third-order valence-electron chi connectivity index (χ3n) is 6.38. The fourth-order valence-electron chi connectivity index (χ4n) is 4.00. The Balaban J connectivity index is 1.64. The highest BCUT2D eigenvalue weighted by molar-refractivity contribution is 5.92. The number of benzene rings is 3. The summed E-state index contributed by atoms with van der Waals surface area (Å²) < 4.78 is 5.57. The van der Waals surface area contributed by atoms with Gasteiger partial charge in [0.1, 0.15) is 11.8 Å². The van der Waals surface area contributed by atoms with Gasteiger partial charge >= 0.3 is 5.97 Å². The van der Waals surface area contributed by atoms with Crippen molar-refractivity contribution in [1.29, 1.82) is 5.26 Å². The second-order valence-electron chi connectivity index (χ2n) is 9.13. The number of carbonyl (C=O) groups is 1. The third-order valence-corrected chi connectivity index (χ3v) is 6.38. The van der Waals surface area contributed by atoms with Gasteiger partial charge in [0.25, 0.3) is 0 Å². The average Bonchev–Trinajstić information content (AvgIpc) is 2.87. The van der Waals surface area contributed by atoms with Gasteiger partial charge in [-0.05, 0) is 71.7 Å². The number of carbonyl (C=O) groups excluding carboxylic acids is 1.